The molecule has 0 atom stereocenters. The van der Waals surface area contributed by atoms with Gasteiger partial charge in [0.25, 0.3) is 5.91 Å². The van der Waals surface area contributed by atoms with Crippen molar-refractivity contribution < 1.29 is 22.7 Å². The van der Waals surface area contributed by atoms with Gasteiger partial charge in [0.15, 0.2) is 0 Å². The molecule has 0 unspecified atom stereocenters. The van der Waals surface area contributed by atoms with E-state index in [1.807, 2.05) is 12.1 Å². The summed E-state index contributed by atoms with van der Waals surface area (Å²) >= 11 is 0. The summed E-state index contributed by atoms with van der Waals surface area (Å²) in [5.41, 5.74) is 1.10. The lowest BCUT2D eigenvalue weighted by molar-refractivity contribution is -0.122. The maximum absolute atomic E-state index is 13.0. The predicted molar refractivity (Wildman–Crippen MR) is 109 cm³/mol. The van der Waals surface area contributed by atoms with Gasteiger partial charge in [0, 0.05) is 38.5 Å². The average molecular weight is 433 g/mol. The number of pyridine rings is 1. The lowest BCUT2D eigenvalue weighted by atomic mass is 10.2. The van der Waals surface area contributed by atoms with Gasteiger partial charge < -0.3 is 15.0 Å². The molecule has 0 spiro atoms. The Balaban J connectivity index is 1.77. The minimum atomic E-state index is -3.80. The monoisotopic (exact) mass is 432 g/mol. The number of aromatic nitrogens is 1. The minimum Gasteiger partial charge on any atom is -0.383 e. The highest BCUT2D eigenvalue weighted by Gasteiger charge is 2.29. The van der Waals surface area contributed by atoms with Crippen molar-refractivity contribution in [3.63, 3.8) is 0 Å². The molecule has 1 aromatic heterocycles. The largest absolute Gasteiger partial charge is 0.383 e. The second-order valence-electron chi connectivity index (χ2n) is 6.75. The summed E-state index contributed by atoms with van der Waals surface area (Å²) in [6.07, 6.45) is 1.66. The molecule has 1 aliphatic rings. The van der Waals surface area contributed by atoms with Crippen LogP contribution in [0.4, 0.5) is 0 Å². The molecule has 1 fully saturated rings. The van der Waals surface area contributed by atoms with Crippen LogP contribution in [0, 0.1) is 0 Å². The van der Waals surface area contributed by atoms with Crippen molar-refractivity contribution in [1.29, 1.82) is 0 Å². The van der Waals surface area contributed by atoms with Crippen molar-refractivity contribution in [2.45, 2.75) is 11.4 Å². The third kappa shape index (κ3) is 5.21. The molecule has 1 aromatic carbocycles. The molecule has 2 amide bonds. The standard InChI is InChI=1S/C20H24N4O5S/c1-29-13-12-23(14-17-4-2-3-9-21-17)20(26)16-5-7-18(8-6-16)30(27,28)24-11-10-22-19(25)15-24/h2-9H,10-15H2,1H3,(H,22,25). The number of carbonyl (C=O) groups excluding carboxylic acids is 2. The van der Waals surface area contributed by atoms with Crippen LogP contribution in [-0.2, 0) is 26.1 Å². The Morgan fingerprint density at radius 3 is 2.63 bits per heavy atom. The number of carbonyl (C=O) groups is 2. The fraction of sp³-hybridized carbons (Fsp3) is 0.350. The topological polar surface area (TPSA) is 109 Å². The van der Waals surface area contributed by atoms with Gasteiger partial charge in [-0.2, -0.15) is 4.31 Å². The van der Waals surface area contributed by atoms with E-state index >= 15 is 0 Å². The Bertz CT molecular complexity index is 980. The fourth-order valence-corrected chi connectivity index (χ4v) is 4.46. The fourth-order valence-electron chi connectivity index (χ4n) is 3.06. The second kappa shape index (κ2) is 9.79. The summed E-state index contributed by atoms with van der Waals surface area (Å²) in [5.74, 6) is -0.584. The molecule has 30 heavy (non-hydrogen) atoms. The second-order valence-corrected chi connectivity index (χ2v) is 8.69. The van der Waals surface area contributed by atoms with E-state index in [0.717, 1.165) is 10.00 Å². The molecular weight excluding hydrogens is 408 g/mol. The Kier molecular flexibility index (Phi) is 7.14. The highest BCUT2D eigenvalue weighted by molar-refractivity contribution is 7.89. The minimum absolute atomic E-state index is 0.0434. The van der Waals surface area contributed by atoms with Crippen molar-refractivity contribution in [3.8, 4) is 0 Å². The number of benzene rings is 1. The van der Waals surface area contributed by atoms with Crippen molar-refractivity contribution in [2.24, 2.45) is 0 Å². The van der Waals surface area contributed by atoms with Gasteiger partial charge in [-0.1, -0.05) is 6.07 Å². The van der Waals surface area contributed by atoms with Crippen LogP contribution in [0.3, 0.4) is 0 Å². The van der Waals surface area contributed by atoms with Crippen LogP contribution >= 0.6 is 0 Å². The van der Waals surface area contributed by atoms with Gasteiger partial charge in [-0.05, 0) is 36.4 Å². The molecule has 2 aromatic rings. The number of amides is 2. The molecule has 3 rings (SSSR count). The normalized spacial score (nSPS) is 14.9. The Morgan fingerprint density at radius 2 is 2.00 bits per heavy atom. The number of nitrogens with zero attached hydrogens (tertiary/aromatic N) is 3. The molecule has 0 bridgehead atoms. The molecule has 160 valence electrons. The number of rotatable bonds is 8. The summed E-state index contributed by atoms with van der Waals surface area (Å²) in [4.78, 5) is 30.4. The zero-order chi connectivity index (χ0) is 21.6. The zero-order valence-corrected chi connectivity index (χ0v) is 17.5. The molecule has 10 heteroatoms. The van der Waals surface area contributed by atoms with Crippen molar-refractivity contribution >= 4 is 21.8 Å². The summed E-state index contributed by atoms with van der Waals surface area (Å²) in [7, 11) is -2.24. The van der Waals surface area contributed by atoms with E-state index in [0.29, 0.717) is 25.3 Å². The smallest absolute Gasteiger partial charge is 0.254 e. The van der Waals surface area contributed by atoms with E-state index in [9.17, 15) is 18.0 Å². The quantitative estimate of drug-likeness (QED) is 0.650. The van der Waals surface area contributed by atoms with Gasteiger partial charge in [0.05, 0.1) is 30.3 Å². The maximum atomic E-state index is 13.0. The number of sulfonamides is 1. The Labute approximate surface area is 175 Å². The first-order valence-electron chi connectivity index (χ1n) is 9.47. The van der Waals surface area contributed by atoms with Crippen LogP contribution in [0.25, 0.3) is 0 Å². The van der Waals surface area contributed by atoms with Crippen molar-refractivity contribution in [1.82, 2.24) is 19.5 Å². The van der Waals surface area contributed by atoms with Crippen molar-refractivity contribution in [2.75, 3.05) is 39.9 Å². The number of hydrogen-bond acceptors (Lipinski definition) is 6. The molecule has 9 nitrogen and oxygen atoms in total. The highest BCUT2D eigenvalue weighted by atomic mass is 32.2. The van der Waals surface area contributed by atoms with Crippen LogP contribution in [0.1, 0.15) is 16.1 Å². The number of piperazine rings is 1. The molecule has 1 aliphatic heterocycles. The average Bonchev–Trinajstić information content (AvgIpc) is 2.77. The van der Waals surface area contributed by atoms with Crippen LogP contribution in [0.5, 0.6) is 0 Å². The van der Waals surface area contributed by atoms with Crippen LogP contribution in [0.2, 0.25) is 0 Å². The van der Waals surface area contributed by atoms with Gasteiger partial charge >= 0.3 is 0 Å². The lowest BCUT2D eigenvalue weighted by Gasteiger charge is -2.26. The van der Waals surface area contributed by atoms with Gasteiger partial charge in [-0.3, -0.25) is 14.6 Å². The summed E-state index contributed by atoms with van der Waals surface area (Å²) in [5, 5.41) is 2.60. The molecule has 2 heterocycles. The first kappa shape index (κ1) is 21.9. The van der Waals surface area contributed by atoms with E-state index in [2.05, 4.69) is 10.3 Å². The van der Waals surface area contributed by atoms with Gasteiger partial charge in [-0.15, -0.1) is 0 Å². The number of hydrogen-bond donors (Lipinski definition) is 1. The predicted octanol–water partition coefficient (Wildman–Crippen LogP) is 0.491. The SMILES string of the molecule is COCCN(Cc1ccccn1)C(=O)c1ccc(S(=O)(=O)N2CCNC(=O)C2)cc1. The number of methoxy groups -OCH3 is 1. The summed E-state index contributed by atoms with van der Waals surface area (Å²) < 4.78 is 31.7. The van der Waals surface area contributed by atoms with Crippen LogP contribution < -0.4 is 5.32 Å². The van der Waals surface area contributed by atoms with Crippen LogP contribution in [-0.4, -0.2) is 74.3 Å². The van der Waals surface area contributed by atoms with E-state index < -0.39 is 10.0 Å². The summed E-state index contributed by atoms with van der Waals surface area (Å²) in [6.45, 7) is 1.32. The van der Waals surface area contributed by atoms with Gasteiger partial charge in [-0.25, -0.2) is 8.42 Å². The third-order valence-corrected chi connectivity index (χ3v) is 6.53. The summed E-state index contributed by atoms with van der Waals surface area (Å²) in [6, 6.07) is 11.2. The van der Waals surface area contributed by atoms with E-state index in [-0.39, 0.29) is 36.3 Å². The van der Waals surface area contributed by atoms with Crippen LogP contribution in [0.15, 0.2) is 53.6 Å². The first-order valence-corrected chi connectivity index (χ1v) is 10.9. The molecule has 0 radical (unpaired) electrons. The third-order valence-electron chi connectivity index (χ3n) is 4.67. The first-order chi connectivity index (χ1) is 14.4. The van der Waals surface area contributed by atoms with Crippen molar-refractivity contribution in [3.05, 3.63) is 59.9 Å². The highest BCUT2D eigenvalue weighted by Crippen LogP contribution is 2.18. The lowest BCUT2D eigenvalue weighted by Crippen LogP contribution is -2.49. The number of ether oxygens (including phenoxy) is 1. The van der Waals surface area contributed by atoms with E-state index in [1.165, 1.54) is 24.3 Å². The Hall–Kier alpha value is -2.82. The van der Waals surface area contributed by atoms with Gasteiger partial charge in [0.2, 0.25) is 15.9 Å². The zero-order valence-electron chi connectivity index (χ0n) is 16.7. The Morgan fingerprint density at radius 1 is 1.23 bits per heavy atom. The molecule has 0 aliphatic carbocycles. The molecule has 1 saturated heterocycles. The van der Waals surface area contributed by atoms with E-state index in [1.54, 1.807) is 24.3 Å². The number of nitrogens with one attached hydrogen (secondary N) is 1. The molecule has 1 N–H and O–H groups in total. The van der Waals surface area contributed by atoms with E-state index in [4.69, 9.17) is 4.74 Å². The molecule has 0 saturated carbocycles. The molecular formula is C20H24N4O5S. The van der Waals surface area contributed by atoms with Gasteiger partial charge in [0.1, 0.15) is 0 Å². The maximum Gasteiger partial charge on any atom is 0.254 e.